The van der Waals surface area contributed by atoms with E-state index in [0.717, 1.165) is 34.3 Å². The summed E-state index contributed by atoms with van der Waals surface area (Å²) in [5, 5.41) is 7.60. The summed E-state index contributed by atoms with van der Waals surface area (Å²) in [5.74, 6) is 0.0691. The van der Waals surface area contributed by atoms with Gasteiger partial charge in [0.2, 0.25) is 5.91 Å². The van der Waals surface area contributed by atoms with Gasteiger partial charge < -0.3 is 5.32 Å². The number of carbonyl (C=O) groups excluding carboxylic acids is 1. The van der Waals surface area contributed by atoms with E-state index in [2.05, 4.69) is 38.5 Å². The molecule has 0 atom stereocenters. The monoisotopic (exact) mass is 361 g/mol. The molecule has 0 radical (unpaired) electrons. The van der Waals surface area contributed by atoms with Gasteiger partial charge in [-0.2, -0.15) is 5.10 Å². The highest BCUT2D eigenvalue weighted by atomic mass is 79.9. The molecule has 1 aromatic carbocycles. The van der Waals surface area contributed by atoms with Crippen molar-refractivity contribution in [2.24, 2.45) is 7.05 Å². The normalized spacial score (nSPS) is 15.6. The predicted octanol–water partition coefficient (Wildman–Crippen LogP) is 3.15. The van der Waals surface area contributed by atoms with Crippen LogP contribution in [0, 0.1) is 13.8 Å². The maximum atomic E-state index is 12.5. The SMILES string of the molecule is Cc1nn(C)c(C)c1CC(=O)NC1(c2ccc(Br)cc2)CC1. The number of aryl methyl sites for hydroxylation is 2. The van der Waals surface area contributed by atoms with Gasteiger partial charge in [0.15, 0.2) is 0 Å². The van der Waals surface area contributed by atoms with Gasteiger partial charge >= 0.3 is 0 Å². The van der Waals surface area contributed by atoms with Crippen LogP contribution in [0.3, 0.4) is 0 Å². The number of hydrogen-bond acceptors (Lipinski definition) is 2. The summed E-state index contributed by atoms with van der Waals surface area (Å²) < 4.78 is 2.89. The summed E-state index contributed by atoms with van der Waals surface area (Å²) >= 11 is 3.45. The van der Waals surface area contributed by atoms with Crippen LogP contribution in [-0.2, 0) is 23.8 Å². The van der Waals surface area contributed by atoms with E-state index in [4.69, 9.17) is 0 Å². The smallest absolute Gasteiger partial charge is 0.225 e. The topological polar surface area (TPSA) is 46.9 Å². The van der Waals surface area contributed by atoms with Crippen molar-refractivity contribution < 1.29 is 4.79 Å². The molecule has 1 N–H and O–H groups in total. The molecule has 1 heterocycles. The Bertz CT molecular complexity index is 714. The van der Waals surface area contributed by atoms with E-state index in [0.29, 0.717) is 6.42 Å². The summed E-state index contributed by atoms with van der Waals surface area (Å²) in [7, 11) is 1.91. The molecular formula is C17H20BrN3O. The molecule has 5 heteroatoms. The number of nitrogens with zero attached hydrogens (tertiary/aromatic N) is 2. The van der Waals surface area contributed by atoms with E-state index in [-0.39, 0.29) is 11.4 Å². The molecule has 3 rings (SSSR count). The highest BCUT2D eigenvalue weighted by Crippen LogP contribution is 2.45. The van der Waals surface area contributed by atoms with E-state index in [1.165, 1.54) is 5.56 Å². The Labute approximate surface area is 139 Å². The van der Waals surface area contributed by atoms with E-state index < -0.39 is 0 Å². The van der Waals surface area contributed by atoms with Crippen LogP contribution in [-0.4, -0.2) is 15.7 Å². The number of benzene rings is 1. The maximum Gasteiger partial charge on any atom is 0.225 e. The summed E-state index contributed by atoms with van der Waals surface area (Å²) in [6.07, 6.45) is 2.40. The average molecular weight is 362 g/mol. The van der Waals surface area contributed by atoms with E-state index in [9.17, 15) is 4.79 Å². The van der Waals surface area contributed by atoms with Crippen LogP contribution in [0.2, 0.25) is 0 Å². The first-order valence-electron chi connectivity index (χ1n) is 7.47. The van der Waals surface area contributed by atoms with Gasteiger partial charge in [0, 0.05) is 22.8 Å². The van der Waals surface area contributed by atoms with Crippen LogP contribution >= 0.6 is 15.9 Å². The second kappa shape index (κ2) is 5.54. The van der Waals surface area contributed by atoms with Crippen LogP contribution in [0.25, 0.3) is 0 Å². The van der Waals surface area contributed by atoms with Gasteiger partial charge in [0.1, 0.15) is 0 Å². The molecule has 0 saturated heterocycles. The number of amides is 1. The summed E-state index contributed by atoms with van der Waals surface area (Å²) in [6, 6.07) is 8.21. The molecule has 0 unspecified atom stereocenters. The first kappa shape index (κ1) is 15.3. The second-order valence-corrected chi connectivity index (χ2v) is 7.00. The van der Waals surface area contributed by atoms with Crippen molar-refractivity contribution in [3.8, 4) is 0 Å². The van der Waals surface area contributed by atoms with Crippen molar-refractivity contribution in [1.82, 2.24) is 15.1 Å². The largest absolute Gasteiger partial charge is 0.346 e. The Kier molecular flexibility index (Phi) is 3.85. The lowest BCUT2D eigenvalue weighted by molar-refractivity contribution is -0.121. The lowest BCUT2D eigenvalue weighted by Gasteiger charge is -2.18. The number of halogens is 1. The molecule has 116 valence electrons. The third-order valence-corrected chi connectivity index (χ3v) is 5.05. The molecule has 2 aromatic rings. The molecule has 0 spiro atoms. The fourth-order valence-electron chi connectivity index (χ4n) is 2.92. The zero-order chi connectivity index (χ0) is 15.9. The van der Waals surface area contributed by atoms with Crippen LogP contribution in [0.5, 0.6) is 0 Å². The van der Waals surface area contributed by atoms with Crippen molar-refractivity contribution in [2.45, 2.75) is 38.6 Å². The predicted molar refractivity (Wildman–Crippen MR) is 89.6 cm³/mol. The molecule has 1 aliphatic carbocycles. The van der Waals surface area contributed by atoms with Crippen molar-refractivity contribution in [2.75, 3.05) is 0 Å². The molecule has 1 fully saturated rings. The molecule has 1 amide bonds. The van der Waals surface area contributed by atoms with Crippen molar-refractivity contribution in [3.05, 3.63) is 51.3 Å². The zero-order valence-electron chi connectivity index (χ0n) is 13.1. The molecule has 1 aliphatic rings. The molecule has 1 saturated carbocycles. The first-order valence-corrected chi connectivity index (χ1v) is 8.27. The van der Waals surface area contributed by atoms with Crippen LogP contribution < -0.4 is 5.32 Å². The quantitative estimate of drug-likeness (QED) is 0.908. The third kappa shape index (κ3) is 2.82. The van der Waals surface area contributed by atoms with Crippen molar-refractivity contribution in [3.63, 3.8) is 0 Å². The lowest BCUT2D eigenvalue weighted by Crippen LogP contribution is -2.36. The first-order chi connectivity index (χ1) is 10.4. The van der Waals surface area contributed by atoms with Gasteiger partial charge in [0.05, 0.1) is 17.7 Å². The molecule has 22 heavy (non-hydrogen) atoms. The van der Waals surface area contributed by atoms with Crippen molar-refractivity contribution in [1.29, 1.82) is 0 Å². The fourth-order valence-corrected chi connectivity index (χ4v) is 3.19. The third-order valence-electron chi connectivity index (χ3n) is 4.52. The fraction of sp³-hybridized carbons (Fsp3) is 0.412. The number of nitrogens with one attached hydrogen (secondary N) is 1. The van der Waals surface area contributed by atoms with Gasteiger partial charge in [-0.3, -0.25) is 9.48 Å². The van der Waals surface area contributed by atoms with Crippen LogP contribution in [0.1, 0.15) is 35.4 Å². The number of carbonyl (C=O) groups is 1. The van der Waals surface area contributed by atoms with Gasteiger partial charge in [-0.15, -0.1) is 0 Å². The Morgan fingerprint density at radius 2 is 1.95 bits per heavy atom. The number of aromatic nitrogens is 2. The second-order valence-electron chi connectivity index (χ2n) is 6.09. The molecule has 1 aromatic heterocycles. The molecule has 0 aliphatic heterocycles. The highest BCUT2D eigenvalue weighted by Gasteiger charge is 2.45. The van der Waals surface area contributed by atoms with Crippen molar-refractivity contribution >= 4 is 21.8 Å². The van der Waals surface area contributed by atoms with Gasteiger partial charge in [0.25, 0.3) is 0 Å². The molecule has 0 bridgehead atoms. The summed E-state index contributed by atoms with van der Waals surface area (Å²) in [6.45, 7) is 3.96. The van der Waals surface area contributed by atoms with Gasteiger partial charge in [-0.1, -0.05) is 28.1 Å². The standard InChI is InChI=1S/C17H20BrN3O/c1-11-15(12(2)21(3)20-11)10-16(22)19-17(8-9-17)13-4-6-14(18)7-5-13/h4-7H,8-10H2,1-3H3,(H,19,22). The van der Waals surface area contributed by atoms with E-state index in [1.54, 1.807) is 0 Å². The highest BCUT2D eigenvalue weighted by molar-refractivity contribution is 9.10. The molecule has 4 nitrogen and oxygen atoms in total. The van der Waals surface area contributed by atoms with Crippen LogP contribution in [0.4, 0.5) is 0 Å². The Hall–Kier alpha value is -1.62. The lowest BCUT2D eigenvalue weighted by atomic mass is 10.0. The van der Waals surface area contributed by atoms with Gasteiger partial charge in [-0.25, -0.2) is 0 Å². The summed E-state index contributed by atoms with van der Waals surface area (Å²) in [4.78, 5) is 12.5. The number of rotatable bonds is 4. The Morgan fingerprint density at radius 3 is 2.45 bits per heavy atom. The molecular weight excluding hydrogens is 342 g/mol. The van der Waals surface area contributed by atoms with Crippen LogP contribution in [0.15, 0.2) is 28.7 Å². The van der Waals surface area contributed by atoms with Gasteiger partial charge in [-0.05, 0) is 44.4 Å². The minimum absolute atomic E-state index is 0.0691. The maximum absolute atomic E-state index is 12.5. The Morgan fingerprint density at radius 1 is 1.32 bits per heavy atom. The average Bonchev–Trinajstić information content (AvgIpc) is 3.20. The number of hydrogen-bond donors (Lipinski definition) is 1. The Balaban J connectivity index is 1.73. The minimum atomic E-state index is -0.165. The van der Waals surface area contributed by atoms with E-state index >= 15 is 0 Å². The zero-order valence-corrected chi connectivity index (χ0v) is 14.7. The van der Waals surface area contributed by atoms with E-state index in [1.807, 2.05) is 37.7 Å². The summed E-state index contributed by atoms with van der Waals surface area (Å²) in [5.41, 5.74) is 4.04. The minimum Gasteiger partial charge on any atom is -0.346 e.